The molecule has 0 fully saturated rings. The predicted molar refractivity (Wildman–Crippen MR) is 139 cm³/mol. The SMILES string of the molecule is CC(NP(=O)(OC[C@@H]1C=C[C@H](n2cnc3c(Cl)nc(N)nc32)C1)Oc1cccc2ccccc12)C(=O)O. The van der Waals surface area contributed by atoms with E-state index in [0.29, 0.717) is 23.3 Å². The lowest BCUT2D eigenvalue weighted by atomic mass is 10.1. The van der Waals surface area contributed by atoms with Crippen molar-refractivity contribution in [1.82, 2.24) is 24.6 Å². The van der Waals surface area contributed by atoms with Crippen molar-refractivity contribution in [3.63, 3.8) is 0 Å². The molecule has 0 aliphatic heterocycles. The number of allylic oxidation sites excluding steroid dienone is 1. The van der Waals surface area contributed by atoms with Gasteiger partial charge >= 0.3 is 13.7 Å². The molecule has 2 aromatic carbocycles. The quantitative estimate of drug-likeness (QED) is 0.155. The van der Waals surface area contributed by atoms with Crippen molar-refractivity contribution in [1.29, 1.82) is 0 Å². The van der Waals surface area contributed by atoms with Crippen LogP contribution < -0.4 is 15.3 Å². The van der Waals surface area contributed by atoms with Gasteiger partial charge in [0.25, 0.3) is 0 Å². The van der Waals surface area contributed by atoms with E-state index in [9.17, 15) is 14.5 Å². The minimum Gasteiger partial charge on any atom is -0.480 e. The largest absolute Gasteiger partial charge is 0.480 e. The molecule has 0 spiro atoms. The number of nitrogen functional groups attached to an aromatic ring is 1. The molecule has 11 nitrogen and oxygen atoms in total. The minimum absolute atomic E-state index is 0.0267. The lowest BCUT2D eigenvalue weighted by molar-refractivity contribution is -0.138. The highest BCUT2D eigenvalue weighted by atomic mass is 35.5. The van der Waals surface area contributed by atoms with Gasteiger partial charge in [0.2, 0.25) is 5.95 Å². The highest BCUT2D eigenvalue weighted by Gasteiger charge is 2.34. The molecule has 1 aliphatic carbocycles. The fourth-order valence-electron chi connectivity index (χ4n) is 4.20. The zero-order valence-corrected chi connectivity index (χ0v) is 21.3. The molecule has 2 aromatic heterocycles. The number of carbonyl (C=O) groups is 1. The number of nitrogens with zero attached hydrogens (tertiary/aromatic N) is 4. The Kier molecular flexibility index (Phi) is 6.87. The smallest absolute Gasteiger partial charge is 0.459 e. The standard InChI is InChI=1S/C24H24ClN6O5P/c1-14(23(32)33)30-37(34,36-19-8-4-6-16-5-2-3-7-18(16)19)35-12-15-9-10-17(11-15)31-13-27-20-21(25)28-24(26)29-22(20)31/h2-10,13-15,17H,11-12H2,1H3,(H,30,34)(H,32,33)(H2,26,28,29)/t14?,15-,17+,37?/m1/s1. The number of carboxylic acids is 1. The van der Waals surface area contributed by atoms with E-state index in [4.69, 9.17) is 26.4 Å². The van der Waals surface area contributed by atoms with E-state index in [1.807, 2.05) is 47.1 Å². The Hall–Kier alpha value is -3.50. The third kappa shape index (κ3) is 5.30. The molecule has 37 heavy (non-hydrogen) atoms. The first kappa shape index (κ1) is 25.2. The van der Waals surface area contributed by atoms with Gasteiger partial charge in [-0.1, -0.05) is 60.2 Å². The Morgan fingerprint density at radius 3 is 2.86 bits per heavy atom. The monoisotopic (exact) mass is 542 g/mol. The highest BCUT2D eigenvalue weighted by molar-refractivity contribution is 7.52. The van der Waals surface area contributed by atoms with E-state index in [0.717, 1.165) is 10.8 Å². The van der Waals surface area contributed by atoms with Gasteiger partial charge in [-0.05, 0) is 24.8 Å². The van der Waals surface area contributed by atoms with Crippen LogP contribution in [0.25, 0.3) is 21.9 Å². The molecule has 2 unspecified atom stereocenters. The summed E-state index contributed by atoms with van der Waals surface area (Å²) in [6.07, 6.45) is 6.11. The van der Waals surface area contributed by atoms with Gasteiger partial charge in [-0.2, -0.15) is 15.1 Å². The van der Waals surface area contributed by atoms with Crippen LogP contribution in [-0.4, -0.2) is 43.2 Å². The van der Waals surface area contributed by atoms with Crippen molar-refractivity contribution in [2.24, 2.45) is 5.92 Å². The van der Waals surface area contributed by atoms with Crippen LogP contribution >= 0.6 is 19.3 Å². The Morgan fingerprint density at radius 2 is 2.05 bits per heavy atom. The first-order chi connectivity index (χ1) is 17.7. The first-order valence-corrected chi connectivity index (χ1v) is 13.4. The second-order valence-electron chi connectivity index (χ2n) is 8.70. The normalized spacial score (nSPS) is 19.7. The molecule has 0 amide bonds. The summed E-state index contributed by atoms with van der Waals surface area (Å²) in [7, 11) is -4.08. The van der Waals surface area contributed by atoms with Crippen molar-refractivity contribution in [3.8, 4) is 5.75 Å². The van der Waals surface area contributed by atoms with Crippen LogP contribution in [0.5, 0.6) is 5.75 Å². The van der Waals surface area contributed by atoms with Gasteiger partial charge in [-0.15, -0.1) is 0 Å². The number of anilines is 1. The number of benzene rings is 2. The van der Waals surface area contributed by atoms with Crippen LogP contribution in [-0.2, 0) is 13.9 Å². The Morgan fingerprint density at radius 1 is 1.27 bits per heavy atom. The number of fused-ring (bicyclic) bond motifs is 2. The summed E-state index contributed by atoms with van der Waals surface area (Å²) in [5.41, 5.74) is 6.71. The maximum absolute atomic E-state index is 13.8. The second kappa shape index (κ2) is 10.1. The summed E-state index contributed by atoms with van der Waals surface area (Å²) in [6.45, 7) is 1.40. The van der Waals surface area contributed by atoms with Gasteiger partial charge in [0.15, 0.2) is 10.8 Å². The van der Waals surface area contributed by atoms with Crippen molar-refractivity contribution >= 4 is 53.2 Å². The van der Waals surface area contributed by atoms with Crippen molar-refractivity contribution in [3.05, 3.63) is 66.1 Å². The lowest BCUT2D eigenvalue weighted by Crippen LogP contribution is -2.33. The number of rotatable bonds is 9. The molecule has 5 rings (SSSR count). The fourth-order valence-corrected chi connectivity index (χ4v) is 5.99. The Bertz CT molecular complexity index is 1550. The molecular weight excluding hydrogens is 519 g/mol. The number of hydrogen-bond donors (Lipinski definition) is 3. The van der Waals surface area contributed by atoms with Gasteiger partial charge in [0, 0.05) is 11.3 Å². The zero-order valence-electron chi connectivity index (χ0n) is 19.7. The molecule has 0 saturated carbocycles. The molecule has 0 saturated heterocycles. The average Bonchev–Trinajstić information content (AvgIpc) is 3.50. The molecule has 0 bridgehead atoms. The maximum atomic E-state index is 13.8. The van der Waals surface area contributed by atoms with Crippen LogP contribution in [0.4, 0.5) is 5.95 Å². The summed E-state index contributed by atoms with van der Waals surface area (Å²) < 4.78 is 27.2. The number of imidazole rings is 1. The van der Waals surface area contributed by atoms with Crippen LogP contribution in [0, 0.1) is 5.92 Å². The average molecular weight is 543 g/mol. The van der Waals surface area contributed by atoms with Crippen molar-refractivity contribution in [2.45, 2.75) is 25.4 Å². The fraction of sp³-hybridized carbons (Fsp3) is 0.250. The van der Waals surface area contributed by atoms with E-state index in [-0.39, 0.29) is 29.7 Å². The van der Waals surface area contributed by atoms with E-state index in [2.05, 4.69) is 20.0 Å². The van der Waals surface area contributed by atoms with E-state index < -0.39 is 19.8 Å². The first-order valence-electron chi connectivity index (χ1n) is 11.5. The van der Waals surface area contributed by atoms with Crippen LogP contribution in [0.15, 0.2) is 60.9 Å². The van der Waals surface area contributed by atoms with Crippen LogP contribution in [0.3, 0.4) is 0 Å². The third-order valence-corrected chi connectivity index (χ3v) is 7.95. The van der Waals surface area contributed by atoms with E-state index >= 15 is 0 Å². The molecule has 0 radical (unpaired) electrons. The Balaban J connectivity index is 1.33. The predicted octanol–water partition coefficient (Wildman–Crippen LogP) is 4.60. The number of carboxylic acid groups (broad SMARTS) is 1. The molecule has 1 aliphatic rings. The van der Waals surface area contributed by atoms with Crippen molar-refractivity contribution in [2.75, 3.05) is 12.3 Å². The number of nitrogens with one attached hydrogen (secondary N) is 1. The zero-order chi connectivity index (χ0) is 26.2. The summed E-state index contributed by atoms with van der Waals surface area (Å²) in [5, 5.41) is 13.7. The highest BCUT2D eigenvalue weighted by Crippen LogP contribution is 2.47. The van der Waals surface area contributed by atoms with Gasteiger partial charge in [0.05, 0.1) is 19.0 Å². The van der Waals surface area contributed by atoms with Gasteiger partial charge in [0.1, 0.15) is 17.3 Å². The topological polar surface area (TPSA) is 154 Å². The number of nitrogens with two attached hydrogens (primary N) is 1. The van der Waals surface area contributed by atoms with E-state index in [1.165, 1.54) is 6.92 Å². The van der Waals surface area contributed by atoms with Gasteiger partial charge in [-0.3, -0.25) is 9.32 Å². The molecule has 13 heteroatoms. The molecule has 4 N–H and O–H groups in total. The second-order valence-corrected chi connectivity index (χ2v) is 10.7. The van der Waals surface area contributed by atoms with Crippen LogP contribution in [0.1, 0.15) is 19.4 Å². The van der Waals surface area contributed by atoms with E-state index in [1.54, 1.807) is 18.5 Å². The summed E-state index contributed by atoms with van der Waals surface area (Å²) in [5.74, 6) is -0.946. The number of hydrogen-bond acceptors (Lipinski definition) is 8. The van der Waals surface area contributed by atoms with Gasteiger partial charge < -0.3 is 19.9 Å². The maximum Gasteiger partial charge on any atom is 0.459 e. The number of aliphatic carboxylic acids is 1. The molecule has 4 atom stereocenters. The number of aromatic nitrogens is 4. The molecule has 192 valence electrons. The van der Waals surface area contributed by atoms with Gasteiger partial charge in [-0.25, -0.2) is 9.55 Å². The third-order valence-electron chi connectivity index (χ3n) is 6.05. The molecule has 2 heterocycles. The van der Waals surface area contributed by atoms with Crippen LogP contribution in [0.2, 0.25) is 5.15 Å². The lowest BCUT2D eigenvalue weighted by Gasteiger charge is -2.24. The van der Waals surface area contributed by atoms with Crippen molar-refractivity contribution < 1.29 is 23.5 Å². The summed E-state index contributed by atoms with van der Waals surface area (Å²) in [4.78, 5) is 24.0. The summed E-state index contributed by atoms with van der Waals surface area (Å²) >= 11 is 6.14. The summed E-state index contributed by atoms with van der Waals surface area (Å²) in [6, 6.07) is 11.5. The minimum atomic E-state index is -4.08. The molecular formula is C24H24ClN6O5P. The number of halogens is 1. The Labute approximate surface area is 216 Å². The molecule has 4 aromatic rings.